The second-order valence-electron chi connectivity index (χ2n) is 9.98. The second-order valence-corrected chi connectivity index (χ2v) is 12.2. The Balaban J connectivity index is 0.00000552. The van der Waals surface area contributed by atoms with Crippen LogP contribution in [0.4, 0.5) is 10.1 Å². The van der Waals surface area contributed by atoms with Crippen LogP contribution >= 0.6 is 24.0 Å². The Morgan fingerprint density at radius 3 is 2.42 bits per heavy atom. The average molecular weight is 676 g/mol. The molecular formula is C32H33Cl2FN4O5S. The topological polar surface area (TPSA) is 140 Å². The Hall–Kier alpha value is -4.00. The fourth-order valence-corrected chi connectivity index (χ4v) is 5.19. The third-order valence-corrected chi connectivity index (χ3v) is 7.46. The molecule has 1 atom stereocenters. The number of anilines is 1. The van der Waals surface area contributed by atoms with E-state index >= 15 is 0 Å². The van der Waals surface area contributed by atoms with Gasteiger partial charge in [0.2, 0.25) is 15.9 Å². The van der Waals surface area contributed by atoms with E-state index in [2.05, 4.69) is 15.4 Å². The minimum atomic E-state index is -3.65. The lowest BCUT2D eigenvalue weighted by molar-refractivity contribution is -0.122. The molecule has 45 heavy (non-hydrogen) atoms. The lowest BCUT2D eigenvalue weighted by Crippen LogP contribution is -2.45. The molecular weight excluding hydrogens is 642 g/mol. The van der Waals surface area contributed by atoms with E-state index in [1.165, 1.54) is 24.3 Å². The molecule has 1 unspecified atom stereocenters. The van der Waals surface area contributed by atoms with Gasteiger partial charge >= 0.3 is 0 Å². The zero-order chi connectivity index (χ0) is 31.9. The number of nitrogens with one attached hydrogen (secondary N) is 3. The van der Waals surface area contributed by atoms with Gasteiger partial charge in [-0.3, -0.25) is 19.6 Å². The van der Waals surface area contributed by atoms with Crippen LogP contribution in [0.15, 0.2) is 84.9 Å². The Labute approximate surface area is 272 Å². The van der Waals surface area contributed by atoms with Crippen LogP contribution < -0.4 is 25.8 Å². The van der Waals surface area contributed by atoms with Crippen molar-refractivity contribution >= 4 is 51.5 Å². The van der Waals surface area contributed by atoms with E-state index in [1.54, 1.807) is 61.5 Å². The zero-order valence-electron chi connectivity index (χ0n) is 24.5. The van der Waals surface area contributed by atoms with E-state index in [9.17, 15) is 22.4 Å². The first-order chi connectivity index (χ1) is 21.0. The number of carbonyl (C=O) groups is 2. The lowest BCUT2D eigenvalue weighted by Gasteiger charge is -2.19. The van der Waals surface area contributed by atoms with Crippen molar-refractivity contribution in [2.75, 3.05) is 11.0 Å². The van der Waals surface area contributed by atoms with Gasteiger partial charge in [0, 0.05) is 52.1 Å². The Morgan fingerprint density at radius 1 is 0.978 bits per heavy atom. The van der Waals surface area contributed by atoms with Gasteiger partial charge in [-0.1, -0.05) is 48.9 Å². The molecule has 0 heterocycles. The van der Waals surface area contributed by atoms with Crippen LogP contribution in [-0.4, -0.2) is 32.5 Å². The molecule has 13 heteroatoms. The van der Waals surface area contributed by atoms with Gasteiger partial charge in [-0.25, -0.2) is 12.8 Å². The van der Waals surface area contributed by atoms with E-state index in [0.29, 0.717) is 34.9 Å². The number of sulfonamides is 1. The van der Waals surface area contributed by atoms with Crippen molar-refractivity contribution in [2.24, 2.45) is 5.73 Å². The van der Waals surface area contributed by atoms with Crippen LogP contribution in [0.25, 0.3) is 11.1 Å². The highest BCUT2D eigenvalue weighted by Gasteiger charge is 2.23. The summed E-state index contributed by atoms with van der Waals surface area (Å²) in [7, 11) is -3.65. The molecule has 9 nitrogen and oxygen atoms in total. The molecule has 0 spiro atoms. The molecule has 0 aliphatic carbocycles. The summed E-state index contributed by atoms with van der Waals surface area (Å²) in [6, 6.07) is 21.6. The van der Waals surface area contributed by atoms with Gasteiger partial charge in [0.25, 0.3) is 5.91 Å². The van der Waals surface area contributed by atoms with E-state index in [-0.39, 0.29) is 41.5 Å². The number of halogens is 3. The summed E-state index contributed by atoms with van der Waals surface area (Å²) in [5.41, 5.74) is 7.94. The predicted molar refractivity (Wildman–Crippen MR) is 177 cm³/mol. The monoisotopic (exact) mass is 674 g/mol. The van der Waals surface area contributed by atoms with Crippen molar-refractivity contribution in [3.05, 3.63) is 112 Å². The number of hydrogen-bond acceptors (Lipinski definition) is 7. The summed E-state index contributed by atoms with van der Waals surface area (Å²) >= 11 is 6.31. The number of imide groups is 1. The van der Waals surface area contributed by atoms with E-state index in [0.717, 1.165) is 11.8 Å². The number of ether oxygens (including phenoxy) is 1. The molecule has 0 aliphatic heterocycles. The van der Waals surface area contributed by atoms with Crippen molar-refractivity contribution in [2.45, 2.75) is 32.5 Å². The molecule has 4 aromatic carbocycles. The van der Waals surface area contributed by atoms with Gasteiger partial charge in [-0.05, 0) is 60.5 Å². The van der Waals surface area contributed by atoms with Crippen LogP contribution in [-0.2, 0) is 27.9 Å². The van der Waals surface area contributed by atoms with E-state index < -0.39 is 33.7 Å². The molecule has 238 valence electrons. The quantitative estimate of drug-likeness (QED) is 0.144. The largest absolute Gasteiger partial charge is 0.457 e. The normalized spacial score (nSPS) is 11.7. The van der Waals surface area contributed by atoms with E-state index in [1.807, 2.05) is 6.07 Å². The molecule has 0 fully saturated rings. The number of amides is 2. The summed E-state index contributed by atoms with van der Waals surface area (Å²) in [6.07, 6.45) is 1.33. The fraction of sp³-hybridized carbons (Fsp3) is 0.188. The second kappa shape index (κ2) is 15.8. The smallest absolute Gasteiger partial charge is 0.258 e. The molecule has 4 aromatic rings. The zero-order valence-corrected chi connectivity index (χ0v) is 26.9. The third kappa shape index (κ3) is 9.74. The Bertz CT molecular complexity index is 1790. The summed E-state index contributed by atoms with van der Waals surface area (Å²) < 4.78 is 46.7. The highest BCUT2D eigenvalue weighted by atomic mass is 35.5. The molecule has 0 radical (unpaired) electrons. The van der Waals surface area contributed by atoms with Crippen molar-refractivity contribution in [3.63, 3.8) is 0 Å². The molecule has 2 amide bonds. The van der Waals surface area contributed by atoms with Crippen LogP contribution in [0.3, 0.4) is 0 Å². The molecule has 0 saturated carbocycles. The fourth-order valence-electron chi connectivity index (χ4n) is 4.47. The van der Waals surface area contributed by atoms with Crippen LogP contribution in [0.5, 0.6) is 11.5 Å². The first-order valence-electron chi connectivity index (χ1n) is 13.7. The Morgan fingerprint density at radius 2 is 1.73 bits per heavy atom. The minimum absolute atomic E-state index is 0. The first kappa shape index (κ1) is 35.5. The van der Waals surface area contributed by atoms with Gasteiger partial charge < -0.3 is 15.8 Å². The van der Waals surface area contributed by atoms with Gasteiger partial charge in [0.1, 0.15) is 17.3 Å². The molecule has 0 saturated heterocycles. The predicted octanol–water partition coefficient (Wildman–Crippen LogP) is 6.02. The maximum Gasteiger partial charge on any atom is 0.258 e. The highest BCUT2D eigenvalue weighted by molar-refractivity contribution is 7.92. The van der Waals surface area contributed by atoms with Crippen LogP contribution in [0.2, 0.25) is 5.02 Å². The van der Waals surface area contributed by atoms with Gasteiger partial charge in [-0.2, -0.15) is 0 Å². The maximum absolute atomic E-state index is 14.1. The first-order valence-corrected chi connectivity index (χ1v) is 15.9. The summed E-state index contributed by atoms with van der Waals surface area (Å²) in [6.45, 7) is 2.14. The molecule has 0 bridgehead atoms. The van der Waals surface area contributed by atoms with Crippen LogP contribution in [0, 0.1) is 5.82 Å². The van der Waals surface area contributed by atoms with Crippen molar-refractivity contribution in [3.8, 4) is 22.6 Å². The van der Waals surface area contributed by atoms with Crippen molar-refractivity contribution in [1.29, 1.82) is 0 Å². The number of rotatable bonds is 12. The lowest BCUT2D eigenvalue weighted by atomic mass is 9.97. The molecule has 5 N–H and O–H groups in total. The Kier molecular flexibility index (Phi) is 12.5. The maximum atomic E-state index is 14.1. The summed E-state index contributed by atoms with van der Waals surface area (Å²) in [4.78, 5) is 26.7. The van der Waals surface area contributed by atoms with Gasteiger partial charge in [-0.15, -0.1) is 12.4 Å². The van der Waals surface area contributed by atoms with E-state index in [4.69, 9.17) is 22.1 Å². The standard InChI is InChI=1S/C32H32ClFN4O5S.ClH/c1-3-29(36-19-21-8-4-5-10-28(21)34)32(40)37-31(39)26-14-12-23(38-44(2,41)42)17-27(26)25-13-11-22(33)16-30(25)43-24-9-6-7-20(15-24)18-35;/h4-17,29,36,38H,3,18-19,35H2,1-2H3,(H,37,39,40);1H. The number of nitrogens with two attached hydrogens (primary N) is 1. The van der Waals surface area contributed by atoms with Gasteiger partial charge in [0.15, 0.2) is 0 Å². The molecule has 4 rings (SSSR count). The van der Waals surface area contributed by atoms with Crippen molar-refractivity contribution in [1.82, 2.24) is 10.6 Å². The average Bonchev–Trinajstić information content (AvgIpc) is 2.97. The number of hydrogen-bond donors (Lipinski definition) is 4. The SMILES string of the molecule is CCC(NCc1ccccc1F)C(=O)NC(=O)c1ccc(NS(C)(=O)=O)cc1-c1ccc(Cl)cc1Oc1cccc(CN)c1.Cl. The summed E-state index contributed by atoms with van der Waals surface area (Å²) in [5, 5.41) is 5.77. The number of carbonyl (C=O) groups excluding carboxylic acids is 2. The molecule has 0 aliphatic rings. The summed E-state index contributed by atoms with van der Waals surface area (Å²) in [5.74, 6) is -0.997. The van der Waals surface area contributed by atoms with Crippen LogP contribution in [0.1, 0.15) is 34.8 Å². The molecule has 0 aromatic heterocycles. The van der Waals surface area contributed by atoms with Gasteiger partial charge in [0.05, 0.1) is 12.3 Å². The van der Waals surface area contributed by atoms with Crippen molar-refractivity contribution < 1.29 is 27.1 Å². The highest BCUT2D eigenvalue weighted by Crippen LogP contribution is 2.38. The minimum Gasteiger partial charge on any atom is -0.457 e. The third-order valence-electron chi connectivity index (χ3n) is 6.62. The number of benzene rings is 4.